The highest BCUT2D eigenvalue weighted by Crippen LogP contribution is 2.47. The number of hydrogen-bond donors (Lipinski definition) is 1. The molecular formula is C17H25NO. The van der Waals surface area contributed by atoms with Crippen molar-refractivity contribution >= 4 is 0 Å². The summed E-state index contributed by atoms with van der Waals surface area (Å²) in [5, 5.41) is 9.82. The van der Waals surface area contributed by atoms with Gasteiger partial charge in [0, 0.05) is 6.54 Å². The van der Waals surface area contributed by atoms with Gasteiger partial charge in [-0.3, -0.25) is 0 Å². The smallest absolute Gasteiger partial charge is 0.115 e. The molecule has 2 heteroatoms. The maximum absolute atomic E-state index is 9.82. The highest BCUT2D eigenvalue weighted by Gasteiger charge is 2.43. The van der Waals surface area contributed by atoms with Crippen LogP contribution >= 0.6 is 0 Å². The van der Waals surface area contributed by atoms with E-state index >= 15 is 0 Å². The lowest BCUT2D eigenvalue weighted by Crippen LogP contribution is -2.50. The lowest BCUT2D eigenvalue weighted by atomic mass is 9.61. The predicted molar refractivity (Wildman–Crippen MR) is 78.6 cm³/mol. The largest absolute Gasteiger partial charge is 0.508 e. The fraction of sp³-hybridized carbons (Fsp3) is 0.647. The van der Waals surface area contributed by atoms with Crippen LogP contribution in [0.4, 0.5) is 0 Å². The summed E-state index contributed by atoms with van der Waals surface area (Å²) in [6, 6.07) is 6.00. The SMILES string of the molecule is CCCN1CCC2(C)c3cc(O)ccc3CCC2C1. The van der Waals surface area contributed by atoms with E-state index in [4.69, 9.17) is 0 Å². The van der Waals surface area contributed by atoms with E-state index in [1.807, 2.05) is 12.1 Å². The molecule has 19 heavy (non-hydrogen) atoms. The standard InChI is InChI=1S/C17H25NO/c1-3-9-18-10-8-17(2)14(12-18)6-4-13-5-7-15(19)11-16(13)17/h5,7,11,14,19H,3-4,6,8-10,12H2,1-2H3. The lowest BCUT2D eigenvalue weighted by molar-refractivity contribution is 0.0873. The van der Waals surface area contributed by atoms with Crippen LogP contribution in [0.1, 0.15) is 44.2 Å². The number of aromatic hydroxyl groups is 1. The third kappa shape index (κ3) is 2.16. The van der Waals surface area contributed by atoms with Crippen LogP contribution in [-0.4, -0.2) is 29.6 Å². The van der Waals surface area contributed by atoms with Crippen LogP contribution in [-0.2, 0) is 11.8 Å². The third-order valence-corrected chi connectivity index (χ3v) is 5.34. The molecule has 0 amide bonds. The van der Waals surface area contributed by atoms with E-state index in [1.54, 1.807) is 0 Å². The first-order valence-electron chi connectivity index (χ1n) is 7.68. The topological polar surface area (TPSA) is 23.5 Å². The first-order valence-corrected chi connectivity index (χ1v) is 7.68. The van der Waals surface area contributed by atoms with Gasteiger partial charge in [0.15, 0.2) is 0 Å². The monoisotopic (exact) mass is 259 g/mol. The number of piperidine rings is 1. The molecule has 104 valence electrons. The molecule has 1 aliphatic heterocycles. The molecule has 0 radical (unpaired) electrons. The van der Waals surface area contributed by atoms with Crippen LogP contribution < -0.4 is 0 Å². The molecule has 1 saturated heterocycles. The highest BCUT2D eigenvalue weighted by molar-refractivity contribution is 5.42. The van der Waals surface area contributed by atoms with E-state index in [1.165, 1.54) is 56.4 Å². The molecule has 2 aliphatic rings. The van der Waals surface area contributed by atoms with Crippen molar-refractivity contribution in [2.75, 3.05) is 19.6 Å². The molecule has 3 rings (SSSR count). The minimum atomic E-state index is 0.274. The van der Waals surface area contributed by atoms with Gasteiger partial charge in [0.1, 0.15) is 5.75 Å². The molecule has 0 saturated carbocycles. The molecule has 0 bridgehead atoms. The molecule has 1 aliphatic carbocycles. The minimum Gasteiger partial charge on any atom is -0.508 e. The Morgan fingerprint density at radius 2 is 2.26 bits per heavy atom. The average Bonchev–Trinajstić information content (AvgIpc) is 2.40. The molecule has 0 spiro atoms. The second kappa shape index (κ2) is 4.82. The van der Waals surface area contributed by atoms with Crippen LogP contribution in [0.3, 0.4) is 0 Å². The van der Waals surface area contributed by atoms with E-state index in [2.05, 4.69) is 24.8 Å². The quantitative estimate of drug-likeness (QED) is 0.880. The van der Waals surface area contributed by atoms with Gasteiger partial charge in [0.05, 0.1) is 0 Å². The van der Waals surface area contributed by atoms with Crippen LogP contribution in [0.15, 0.2) is 18.2 Å². The lowest BCUT2D eigenvalue weighted by Gasteiger charge is -2.50. The van der Waals surface area contributed by atoms with Crippen molar-refractivity contribution in [2.45, 2.75) is 44.9 Å². The first kappa shape index (κ1) is 13.0. The van der Waals surface area contributed by atoms with Crippen molar-refractivity contribution in [3.63, 3.8) is 0 Å². The number of benzene rings is 1. The molecule has 1 aromatic carbocycles. The summed E-state index contributed by atoms with van der Waals surface area (Å²) in [5.74, 6) is 1.18. The summed E-state index contributed by atoms with van der Waals surface area (Å²) in [4.78, 5) is 2.63. The van der Waals surface area contributed by atoms with Crippen molar-refractivity contribution in [3.8, 4) is 5.75 Å². The average molecular weight is 259 g/mol. The molecule has 2 nitrogen and oxygen atoms in total. The van der Waals surface area contributed by atoms with Gasteiger partial charge in [-0.25, -0.2) is 0 Å². The summed E-state index contributed by atoms with van der Waals surface area (Å²) < 4.78 is 0. The van der Waals surface area contributed by atoms with Crippen LogP contribution in [0.5, 0.6) is 5.75 Å². The Morgan fingerprint density at radius 3 is 3.05 bits per heavy atom. The third-order valence-electron chi connectivity index (χ3n) is 5.34. The van der Waals surface area contributed by atoms with Gasteiger partial charge in [0.2, 0.25) is 0 Å². The summed E-state index contributed by atoms with van der Waals surface area (Å²) >= 11 is 0. The molecule has 1 fully saturated rings. The minimum absolute atomic E-state index is 0.274. The van der Waals surface area contributed by atoms with Crippen molar-refractivity contribution < 1.29 is 5.11 Å². The zero-order valence-electron chi connectivity index (χ0n) is 12.2. The number of phenolic OH excluding ortho intramolecular Hbond substituents is 1. The Bertz CT molecular complexity index is 470. The van der Waals surface area contributed by atoms with Gasteiger partial charge in [-0.15, -0.1) is 0 Å². The van der Waals surface area contributed by atoms with E-state index < -0.39 is 0 Å². The van der Waals surface area contributed by atoms with Crippen molar-refractivity contribution in [2.24, 2.45) is 5.92 Å². The van der Waals surface area contributed by atoms with Gasteiger partial charge in [-0.1, -0.05) is 19.9 Å². The Kier molecular flexibility index (Phi) is 3.30. The Hall–Kier alpha value is -1.02. The number of fused-ring (bicyclic) bond motifs is 3. The Morgan fingerprint density at radius 1 is 1.42 bits per heavy atom. The zero-order chi connectivity index (χ0) is 13.5. The van der Waals surface area contributed by atoms with Crippen LogP contribution in [0.25, 0.3) is 0 Å². The molecule has 1 aromatic rings. The number of aryl methyl sites for hydroxylation is 1. The number of hydrogen-bond acceptors (Lipinski definition) is 2. The number of phenols is 1. The van der Waals surface area contributed by atoms with Gasteiger partial charge in [-0.2, -0.15) is 0 Å². The zero-order valence-corrected chi connectivity index (χ0v) is 12.2. The molecule has 1 heterocycles. The van der Waals surface area contributed by atoms with Gasteiger partial charge in [-0.05, 0) is 73.4 Å². The predicted octanol–water partition coefficient (Wildman–Crippen LogP) is 3.33. The Balaban J connectivity index is 1.91. The van der Waals surface area contributed by atoms with Gasteiger partial charge in [0.25, 0.3) is 0 Å². The summed E-state index contributed by atoms with van der Waals surface area (Å²) in [7, 11) is 0. The normalized spacial score (nSPS) is 30.7. The second-order valence-corrected chi connectivity index (χ2v) is 6.55. The van der Waals surface area contributed by atoms with Crippen molar-refractivity contribution in [1.82, 2.24) is 4.90 Å². The first-order chi connectivity index (χ1) is 9.13. The maximum atomic E-state index is 9.82. The van der Waals surface area contributed by atoms with Crippen molar-refractivity contribution in [1.29, 1.82) is 0 Å². The fourth-order valence-corrected chi connectivity index (χ4v) is 4.13. The highest BCUT2D eigenvalue weighted by atomic mass is 16.3. The maximum Gasteiger partial charge on any atom is 0.115 e. The van der Waals surface area contributed by atoms with E-state index in [0.29, 0.717) is 5.75 Å². The number of rotatable bonds is 2. The number of nitrogens with zero attached hydrogens (tertiary/aromatic N) is 1. The second-order valence-electron chi connectivity index (χ2n) is 6.55. The summed E-state index contributed by atoms with van der Waals surface area (Å²) in [5.41, 5.74) is 3.15. The summed E-state index contributed by atoms with van der Waals surface area (Å²) in [6.07, 6.45) is 4.96. The van der Waals surface area contributed by atoms with Crippen LogP contribution in [0.2, 0.25) is 0 Å². The molecule has 0 aromatic heterocycles. The van der Waals surface area contributed by atoms with E-state index in [0.717, 1.165) is 5.92 Å². The Labute approximate surface area is 116 Å². The molecule has 2 atom stereocenters. The van der Waals surface area contributed by atoms with Gasteiger partial charge < -0.3 is 10.0 Å². The van der Waals surface area contributed by atoms with Crippen molar-refractivity contribution in [3.05, 3.63) is 29.3 Å². The van der Waals surface area contributed by atoms with Gasteiger partial charge >= 0.3 is 0 Å². The van der Waals surface area contributed by atoms with E-state index in [-0.39, 0.29) is 5.41 Å². The number of likely N-dealkylation sites (tertiary alicyclic amines) is 1. The fourth-order valence-electron chi connectivity index (χ4n) is 4.13. The molecule has 2 unspecified atom stereocenters. The van der Waals surface area contributed by atoms with E-state index in [9.17, 15) is 5.11 Å². The molecule has 1 N–H and O–H groups in total. The van der Waals surface area contributed by atoms with Crippen LogP contribution in [0, 0.1) is 5.92 Å². The summed E-state index contributed by atoms with van der Waals surface area (Å²) in [6.45, 7) is 8.36. The molecular weight excluding hydrogens is 234 g/mol.